The van der Waals surface area contributed by atoms with E-state index in [1.54, 1.807) is 5.57 Å². The van der Waals surface area contributed by atoms with Crippen LogP contribution in [0.25, 0.3) is 0 Å². The third-order valence-electron chi connectivity index (χ3n) is 3.59. The first-order chi connectivity index (χ1) is 6.43. The molecule has 1 radical (unpaired) electrons. The maximum absolute atomic E-state index is 4.77. The number of allylic oxidation sites excluding steroid dienone is 4. The molecule has 3 aliphatic rings. The highest BCUT2D eigenvalue weighted by Crippen LogP contribution is 2.39. The van der Waals surface area contributed by atoms with Crippen LogP contribution < -0.4 is 5.32 Å². The molecule has 0 amide bonds. The fourth-order valence-electron chi connectivity index (χ4n) is 2.48. The topological polar surface area (TPSA) is 14.1 Å². The van der Waals surface area contributed by atoms with Gasteiger partial charge in [0.25, 0.3) is 0 Å². The molecular weight excluding hydrogens is 158 g/mol. The molecule has 13 heavy (non-hydrogen) atoms. The van der Waals surface area contributed by atoms with E-state index < -0.39 is 0 Å². The van der Waals surface area contributed by atoms with Crippen LogP contribution in [0.4, 0.5) is 0 Å². The Balaban J connectivity index is 1.76. The summed E-state index contributed by atoms with van der Waals surface area (Å²) in [5.74, 6) is 0.825. The van der Waals surface area contributed by atoms with E-state index >= 15 is 0 Å². The van der Waals surface area contributed by atoms with Crippen molar-refractivity contribution in [2.24, 2.45) is 5.92 Å². The number of hydrogen-bond acceptors (Lipinski definition) is 0. The molecule has 1 nitrogen and oxygen atoms in total. The molecule has 1 aliphatic heterocycles. The Morgan fingerprint density at radius 2 is 1.92 bits per heavy atom. The molecule has 1 heterocycles. The van der Waals surface area contributed by atoms with E-state index in [0.717, 1.165) is 5.92 Å². The zero-order chi connectivity index (χ0) is 8.67. The maximum atomic E-state index is 4.77. The van der Waals surface area contributed by atoms with Gasteiger partial charge in [-0.2, -0.15) is 0 Å². The van der Waals surface area contributed by atoms with E-state index in [0.29, 0.717) is 0 Å². The van der Waals surface area contributed by atoms with Crippen molar-refractivity contribution in [2.75, 3.05) is 0 Å². The largest absolute Gasteiger partial charge is 0.257 e. The molecule has 0 N–H and O–H groups in total. The van der Waals surface area contributed by atoms with Gasteiger partial charge in [0, 0.05) is 17.3 Å². The Morgan fingerprint density at radius 3 is 2.62 bits per heavy atom. The van der Waals surface area contributed by atoms with Crippen molar-refractivity contribution in [2.45, 2.75) is 44.9 Å². The van der Waals surface area contributed by atoms with Crippen LogP contribution in [-0.4, -0.2) is 0 Å². The molecule has 0 bridgehead atoms. The predicted octanol–water partition coefficient (Wildman–Crippen LogP) is 3.12. The van der Waals surface area contributed by atoms with Gasteiger partial charge in [-0.25, -0.2) is 0 Å². The molecule has 0 saturated heterocycles. The fourth-order valence-corrected chi connectivity index (χ4v) is 2.48. The normalized spacial score (nSPS) is 27.8. The van der Waals surface area contributed by atoms with E-state index in [1.807, 2.05) is 0 Å². The van der Waals surface area contributed by atoms with Gasteiger partial charge in [0.05, 0.1) is 0 Å². The van der Waals surface area contributed by atoms with Gasteiger partial charge >= 0.3 is 0 Å². The lowest BCUT2D eigenvalue weighted by atomic mass is 9.83. The van der Waals surface area contributed by atoms with Gasteiger partial charge in [-0.05, 0) is 50.2 Å². The summed E-state index contributed by atoms with van der Waals surface area (Å²) >= 11 is 0. The third-order valence-corrected chi connectivity index (χ3v) is 3.59. The summed E-state index contributed by atoms with van der Waals surface area (Å²) in [5, 5.41) is 4.77. The third kappa shape index (κ3) is 1.21. The number of nitrogens with zero attached hydrogens (tertiary/aromatic N) is 1. The average molecular weight is 174 g/mol. The predicted molar refractivity (Wildman–Crippen MR) is 53.1 cm³/mol. The van der Waals surface area contributed by atoms with Crippen molar-refractivity contribution in [3.63, 3.8) is 0 Å². The van der Waals surface area contributed by atoms with Gasteiger partial charge in [-0.3, -0.25) is 5.32 Å². The standard InChI is InChI=1S/C12H16N/c1-2-7-11-10(4-1)8-12(13-11)9-5-3-6-9/h8-9H,1-7H2. The lowest BCUT2D eigenvalue weighted by Crippen LogP contribution is -2.18. The van der Waals surface area contributed by atoms with Gasteiger partial charge < -0.3 is 0 Å². The van der Waals surface area contributed by atoms with Crippen LogP contribution in [0, 0.1) is 5.92 Å². The summed E-state index contributed by atoms with van der Waals surface area (Å²) in [7, 11) is 0. The molecular formula is C12H16N. The minimum absolute atomic E-state index is 0.825. The van der Waals surface area contributed by atoms with Gasteiger partial charge in [0.15, 0.2) is 0 Å². The average Bonchev–Trinajstić information content (AvgIpc) is 2.43. The first-order valence-corrected chi connectivity index (χ1v) is 5.59. The first kappa shape index (κ1) is 7.66. The van der Waals surface area contributed by atoms with Gasteiger partial charge in [0.2, 0.25) is 0 Å². The van der Waals surface area contributed by atoms with Crippen molar-refractivity contribution >= 4 is 0 Å². The minimum Gasteiger partial charge on any atom is -0.257 e. The van der Waals surface area contributed by atoms with E-state index in [9.17, 15) is 0 Å². The number of hydrogen-bond donors (Lipinski definition) is 0. The lowest BCUT2D eigenvalue weighted by Gasteiger charge is -2.26. The van der Waals surface area contributed by atoms with E-state index in [-0.39, 0.29) is 0 Å². The Bertz CT molecular complexity index is 281. The molecule has 0 atom stereocenters. The minimum atomic E-state index is 0.825. The first-order valence-electron chi connectivity index (χ1n) is 5.59. The van der Waals surface area contributed by atoms with E-state index in [2.05, 4.69) is 6.08 Å². The zero-order valence-electron chi connectivity index (χ0n) is 8.05. The molecule has 0 aromatic heterocycles. The molecule has 0 unspecified atom stereocenters. The van der Waals surface area contributed by atoms with Crippen molar-refractivity contribution in [3.8, 4) is 0 Å². The highest BCUT2D eigenvalue weighted by Gasteiger charge is 2.28. The Hall–Kier alpha value is -0.720. The summed E-state index contributed by atoms with van der Waals surface area (Å²) in [6.45, 7) is 0. The highest BCUT2D eigenvalue weighted by atomic mass is 14.9. The van der Waals surface area contributed by atoms with Gasteiger partial charge in [-0.15, -0.1) is 0 Å². The highest BCUT2D eigenvalue weighted by molar-refractivity contribution is 5.38. The van der Waals surface area contributed by atoms with Crippen LogP contribution in [0.2, 0.25) is 0 Å². The lowest BCUT2D eigenvalue weighted by molar-refractivity contribution is 0.355. The van der Waals surface area contributed by atoms with Crippen molar-refractivity contribution < 1.29 is 0 Å². The van der Waals surface area contributed by atoms with Crippen molar-refractivity contribution in [1.29, 1.82) is 0 Å². The number of rotatable bonds is 1. The summed E-state index contributed by atoms with van der Waals surface area (Å²) in [6.07, 6.45) is 11.8. The molecule has 2 aliphatic carbocycles. The Labute approximate surface area is 79.9 Å². The SMILES string of the molecule is C1=C(C2CCC2)[N]C2=C1CCCC2. The monoisotopic (exact) mass is 174 g/mol. The molecule has 1 heteroatoms. The summed E-state index contributed by atoms with van der Waals surface area (Å²) in [4.78, 5) is 0. The second kappa shape index (κ2) is 2.90. The van der Waals surface area contributed by atoms with Crippen LogP contribution >= 0.6 is 0 Å². The van der Waals surface area contributed by atoms with E-state index in [1.165, 1.54) is 56.3 Å². The van der Waals surface area contributed by atoms with Gasteiger partial charge in [0.1, 0.15) is 0 Å². The van der Waals surface area contributed by atoms with E-state index in [4.69, 9.17) is 5.32 Å². The smallest absolute Gasteiger partial charge is 0.0441 e. The quantitative estimate of drug-likeness (QED) is 0.580. The van der Waals surface area contributed by atoms with Crippen LogP contribution in [-0.2, 0) is 0 Å². The molecule has 69 valence electrons. The molecule has 3 rings (SSSR count). The zero-order valence-corrected chi connectivity index (χ0v) is 8.05. The summed E-state index contributed by atoms with van der Waals surface area (Å²) in [6, 6.07) is 0. The van der Waals surface area contributed by atoms with Crippen molar-refractivity contribution in [3.05, 3.63) is 23.0 Å². The molecule has 0 aromatic carbocycles. The summed E-state index contributed by atoms with van der Waals surface area (Å²) in [5.41, 5.74) is 4.40. The second-order valence-corrected chi connectivity index (χ2v) is 4.49. The molecule has 1 fully saturated rings. The van der Waals surface area contributed by atoms with Crippen molar-refractivity contribution in [1.82, 2.24) is 5.32 Å². The molecule has 1 saturated carbocycles. The van der Waals surface area contributed by atoms with Crippen LogP contribution in [0.3, 0.4) is 0 Å². The second-order valence-electron chi connectivity index (χ2n) is 4.49. The van der Waals surface area contributed by atoms with Crippen LogP contribution in [0.15, 0.2) is 23.0 Å². The molecule has 0 aromatic rings. The molecule has 0 spiro atoms. The van der Waals surface area contributed by atoms with Crippen LogP contribution in [0.5, 0.6) is 0 Å². The fraction of sp³-hybridized carbons (Fsp3) is 0.667. The Kier molecular flexibility index (Phi) is 1.71. The maximum Gasteiger partial charge on any atom is 0.0441 e. The van der Waals surface area contributed by atoms with Gasteiger partial charge in [-0.1, -0.05) is 6.42 Å². The Morgan fingerprint density at radius 1 is 1.08 bits per heavy atom. The summed E-state index contributed by atoms with van der Waals surface area (Å²) < 4.78 is 0. The van der Waals surface area contributed by atoms with Crippen LogP contribution in [0.1, 0.15) is 44.9 Å².